The van der Waals surface area contributed by atoms with Crippen LogP contribution in [0.1, 0.15) is 5.56 Å². The number of amides is 2. The molecular formula is C21H14F3N4O3S-. The zero-order valence-corrected chi connectivity index (χ0v) is 16.9. The van der Waals surface area contributed by atoms with E-state index in [-0.39, 0.29) is 10.6 Å². The molecule has 32 heavy (non-hydrogen) atoms. The molecule has 0 saturated carbocycles. The predicted molar refractivity (Wildman–Crippen MR) is 113 cm³/mol. The molecule has 164 valence electrons. The van der Waals surface area contributed by atoms with Crippen LogP contribution in [0.25, 0.3) is 22.3 Å². The Bertz CT molecular complexity index is 1320. The number of aromatic nitrogens is 2. The van der Waals surface area contributed by atoms with Gasteiger partial charge in [0.2, 0.25) is 0 Å². The number of H-pyrrole nitrogens is 1. The second-order valence-corrected chi connectivity index (χ2v) is 7.65. The summed E-state index contributed by atoms with van der Waals surface area (Å²) in [5.41, 5.74) is 1.41. The molecule has 2 aromatic heterocycles. The molecule has 4 aromatic rings. The Labute approximate surface area is 182 Å². The van der Waals surface area contributed by atoms with E-state index in [9.17, 15) is 26.7 Å². The van der Waals surface area contributed by atoms with Crippen molar-refractivity contribution in [2.45, 2.75) is 11.1 Å². The molecule has 0 saturated heterocycles. The highest BCUT2D eigenvalue weighted by Gasteiger charge is 2.30. The first-order valence-corrected chi connectivity index (χ1v) is 10.2. The third-order valence-corrected chi connectivity index (χ3v) is 5.22. The molecule has 0 spiro atoms. The van der Waals surface area contributed by atoms with Crippen LogP contribution in [0, 0.1) is 0 Å². The number of hydrogen-bond acceptors (Lipinski definition) is 4. The number of carbonyl (C=O) groups excluding carboxylic acids is 1. The van der Waals surface area contributed by atoms with Gasteiger partial charge in [-0.05, 0) is 59.6 Å². The monoisotopic (exact) mass is 459 g/mol. The fourth-order valence-corrected chi connectivity index (χ4v) is 3.47. The molecule has 2 amide bonds. The van der Waals surface area contributed by atoms with Gasteiger partial charge in [-0.2, -0.15) is 13.2 Å². The summed E-state index contributed by atoms with van der Waals surface area (Å²) in [6.07, 6.45) is -2.93. The van der Waals surface area contributed by atoms with Gasteiger partial charge in [-0.15, -0.1) is 0 Å². The quantitative estimate of drug-likeness (QED) is 0.368. The number of halogens is 3. The van der Waals surface area contributed by atoms with Gasteiger partial charge in [-0.25, -0.2) is 9.78 Å². The summed E-state index contributed by atoms with van der Waals surface area (Å²) in [5.74, 6) is 0. The molecule has 2 heterocycles. The molecule has 1 atom stereocenters. The average molecular weight is 459 g/mol. The number of rotatable bonds is 4. The van der Waals surface area contributed by atoms with Crippen LogP contribution in [0.15, 0.2) is 71.8 Å². The Balaban J connectivity index is 1.50. The van der Waals surface area contributed by atoms with Gasteiger partial charge in [0.25, 0.3) is 0 Å². The zero-order chi connectivity index (χ0) is 22.9. The van der Waals surface area contributed by atoms with E-state index in [2.05, 4.69) is 20.6 Å². The molecule has 3 N–H and O–H groups in total. The Morgan fingerprint density at radius 1 is 1.03 bits per heavy atom. The number of nitrogens with zero attached hydrogens (tertiary/aromatic N) is 1. The molecule has 0 radical (unpaired) electrons. The number of carbonyl (C=O) groups is 1. The second kappa shape index (κ2) is 8.44. The van der Waals surface area contributed by atoms with Crippen LogP contribution in [0.3, 0.4) is 0 Å². The molecule has 1 unspecified atom stereocenters. The SMILES string of the molecule is O=C(Nc1ccc(C(F)(F)F)cc1)Nc1c[nH]c2nc(-c3cccc(S(=O)[O-])c3)ccc12. The molecule has 0 bridgehead atoms. The van der Waals surface area contributed by atoms with E-state index in [0.717, 1.165) is 24.3 Å². The smallest absolute Gasteiger partial charge is 0.416 e. The Morgan fingerprint density at radius 2 is 1.78 bits per heavy atom. The Hall–Kier alpha value is -3.70. The lowest BCUT2D eigenvalue weighted by Gasteiger charge is -2.09. The maximum atomic E-state index is 12.6. The summed E-state index contributed by atoms with van der Waals surface area (Å²) < 4.78 is 60.3. The number of pyridine rings is 1. The molecule has 0 aliphatic carbocycles. The highest BCUT2D eigenvalue weighted by atomic mass is 32.2. The molecule has 0 aliphatic heterocycles. The fraction of sp³-hybridized carbons (Fsp3) is 0.0476. The van der Waals surface area contributed by atoms with E-state index >= 15 is 0 Å². The first-order chi connectivity index (χ1) is 15.2. The summed E-state index contributed by atoms with van der Waals surface area (Å²) in [6, 6.07) is 13.1. The van der Waals surface area contributed by atoms with E-state index in [4.69, 9.17) is 0 Å². The lowest BCUT2D eigenvalue weighted by Crippen LogP contribution is -2.19. The highest BCUT2D eigenvalue weighted by molar-refractivity contribution is 7.79. The molecule has 0 fully saturated rings. The Kier molecular flexibility index (Phi) is 5.68. The average Bonchev–Trinajstić information content (AvgIpc) is 3.15. The van der Waals surface area contributed by atoms with Gasteiger partial charge in [-0.1, -0.05) is 12.1 Å². The number of alkyl halides is 3. The first kappa shape index (κ1) is 21.5. The van der Waals surface area contributed by atoms with E-state index in [1.165, 1.54) is 18.3 Å². The maximum absolute atomic E-state index is 12.6. The minimum absolute atomic E-state index is 0.137. The molecule has 11 heteroatoms. The van der Waals surface area contributed by atoms with Crippen LogP contribution in [0.5, 0.6) is 0 Å². The van der Waals surface area contributed by atoms with E-state index in [1.807, 2.05) is 0 Å². The number of fused-ring (bicyclic) bond motifs is 1. The van der Waals surface area contributed by atoms with Crippen LogP contribution in [-0.4, -0.2) is 24.8 Å². The van der Waals surface area contributed by atoms with Crippen LogP contribution in [0.2, 0.25) is 0 Å². The maximum Gasteiger partial charge on any atom is 0.416 e. The number of benzene rings is 2. The van der Waals surface area contributed by atoms with E-state index in [0.29, 0.717) is 28.0 Å². The van der Waals surface area contributed by atoms with Gasteiger partial charge < -0.3 is 20.2 Å². The first-order valence-electron chi connectivity index (χ1n) is 9.14. The van der Waals surface area contributed by atoms with Crippen molar-refractivity contribution in [1.29, 1.82) is 0 Å². The highest BCUT2D eigenvalue weighted by Crippen LogP contribution is 2.30. The predicted octanol–water partition coefficient (Wildman–Crippen LogP) is 5.13. The van der Waals surface area contributed by atoms with Crippen LogP contribution in [0.4, 0.5) is 29.3 Å². The number of hydrogen-bond donors (Lipinski definition) is 3. The van der Waals surface area contributed by atoms with Crippen molar-refractivity contribution in [3.05, 3.63) is 72.4 Å². The van der Waals surface area contributed by atoms with Crippen molar-refractivity contribution in [2.75, 3.05) is 10.6 Å². The van der Waals surface area contributed by atoms with Crippen LogP contribution >= 0.6 is 0 Å². The third kappa shape index (κ3) is 4.63. The summed E-state index contributed by atoms with van der Waals surface area (Å²) in [7, 11) is 0. The van der Waals surface area contributed by atoms with Gasteiger partial charge in [0.15, 0.2) is 0 Å². The minimum Gasteiger partial charge on any atom is -0.768 e. The normalized spacial score (nSPS) is 12.5. The standard InChI is InChI=1S/C21H15F3N4O3S/c22-21(23,24)13-4-6-14(7-5-13)26-20(29)28-18-11-25-19-16(18)8-9-17(27-19)12-2-1-3-15(10-12)32(30)31/h1-11H,(H,25,27)(H,30,31)(H2,26,28,29)/p-1. The number of anilines is 2. The van der Waals surface area contributed by atoms with Gasteiger partial charge in [0.05, 0.1) is 16.9 Å². The second-order valence-electron chi connectivity index (χ2n) is 6.71. The van der Waals surface area contributed by atoms with Crippen molar-refractivity contribution in [3.63, 3.8) is 0 Å². The van der Waals surface area contributed by atoms with Gasteiger partial charge in [0.1, 0.15) is 5.65 Å². The summed E-state index contributed by atoms with van der Waals surface area (Å²) >= 11 is -2.36. The third-order valence-electron chi connectivity index (χ3n) is 4.58. The zero-order valence-electron chi connectivity index (χ0n) is 16.1. The van der Waals surface area contributed by atoms with Crippen molar-refractivity contribution in [1.82, 2.24) is 9.97 Å². The minimum atomic E-state index is -4.45. The summed E-state index contributed by atoms with van der Waals surface area (Å²) in [6.45, 7) is 0. The van der Waals surface area contributed by atoms with Crippen molar-refractivity contribution in [3.8, 4) is 11.3 Å². The van der Waals surface area contributed by atoms with Gasteiger partial charge in [0, 0.05) is 27.7 Å². The molecule has 4 rings (SSSR count). The van der Waals surface area contributed by atoms with E-state index in [1.54, 1.807) is 24.3 Å². The fourth-order valence-electron chi connectivity index (χ4n) is 3.06. The molecule has 7 nitrogen and oxygen atoms in total. The van der Waals surface area contributed by atoms with Crippen molar-refractivity contribution >= 4 is 39.5 Å². The molecule has 2 aromatic carbocycles. The van der Waals surface area contributed by atoms with E-state index < -0.39 is 28.9 Å². The van der Waals surface area contributed by atoms with Gasteiger partial charge in [-0.3, -0.25) is 4.21 Å². The van der Waals surface area contributed by atoms with Crippen LogP contribution < -0.4 is 10.6 Å². The van der Waals surface area contributed by atoms with Crippen molar-refractivity contribution < 1.29 is 26.7 Å². The van der Waals surface area contributed by atoms with Crippen LogP contribution in [-0.2, 0) is 17.3 Å². The topological polar surface area (TPSA) is 110 Å². The molecular weight excluding hydrogens is 445 g/mol. The lowest BCUT2D eigenvalue weighted by atomic mass is 10.1. The molecule has 0 aliphatic rings. The lowest BCUT2D eigenvalue weighted by molar-refractivity contribution is -0.137. The summed E-state index contributed by atoms with van der Waals surface area (Å²) in [4.78, 5) is 19.8. The Morgan fingerprint density at radius 3 is 2.47 bits per heavy atom. The number of urea groups is 1. The summed E-state index contributed by atoms with van der Waals surface area (Å²) in [5, 5.41) is 5.68. The van der Waals surface area contributed by atoms with Crippen molar-refractivity contribution in [2.24, 2.45) is 0 Å². The number of aromatic amines is 1. The number of nitrogens with one attached hydrogen (secondary N) is 3. The largest absolute Gasteiger partial charge is 0.768 e. The van der Waals surface area contributed by atoms with Gasteiger partial charge >= 0.3 is 12.2 Å².